The van der Waals surface area contributed by atoms with Crippen LogP contribution in [0.1, 0.15) is 16.0 Å². The minimum atomic E-state index is -0.935. The Kier molecular flexibility index (Phi) is 8.04. The van der Waals surface area contributed by atoms with Crippen molar-refractivity contribution in [3.8, 4) is 0 Å². The molecule has 2 aromatic carbocycles. The maximum atomic E-state index is 12.7. The number of nitrogens with zero attached hydrogens (tertiary/aromatic N) is 2. The Morgan fingerprint density at radius 1 is 1.03 bits per heavy atom. The van der Waals surface area contributed by atoms with E-state index in [1.165, 1.54) is 18.3 Å². The number of hydrazone groups is 1. The van der Waals surface area contributed by atoms with Gasteiger partial charge in [0.25, 0.3) is 5.91 Å². The molecule has 0 radical (unpaired) electrons. The molecule has 32 heavy (non-hydrogen) atoms. The topological polar surface area (TPSA) is 123 Å². The zero-order chi connectivity index (χ0) is 22.8. The van der Waals surface area contributed by atoms with Crippen LogP contribution in [-0.4, -0.2) is 29.2 Å². The van der Waals surface area contributed by atoms with Crippen molar-refractivity contribution in [2.45, 2.75) is 19.1 Å². The molecule has 10 heteroatoms. The summed E-state index contributed by atoms with van der Waals surface area (Å²) in [5.74, 6) is -0.548. The van der Waals surface area contributed by atoms with Crippen molar-refractivity contribution in [3.63, 3.8) is 0 Å². The smallest absolute Gasteiger partial charge is 0.408 e. The van der Waals surface area contributed by atoms with E-state index in [1.807, 2.05) is 60.7 Å². The van der Waals surface area contributed by atoms with Crippen LogP contribution in [0.2, 0.25) is 0 Å². The number of hydrogen-bond acceptors (Lipinski definition) is 7. The number of hydrogen-bond donors (Lipinski definition) is 2. The number of thiophene rings is 1. The van der Waals surface area contributed by atoms with E-state index in [4.69, 9.17) is 4.74 Å². The fourth-order valence-corrected chi connectivity index (χ4v) is 3.41. The first-order valence-electron chi connectivity index (χ1n) is 9.59. The van der Waals surface area contributed by atoms with Gasteiger partial charge in [-0.3, -0.25) is 14.9 Å². The molecule has 1 heterocycles. The summed E-state index contributed by atoms with van der Waals surface area (Å²) in [5.41, 5.74) is 4.03. The van der Waals surface area contributed by atoms with Crippen molar-refractivity contribution >= 4 is 34.6 Å². The van der Waals surface area contributed by atoms with E-state index in [-0.39, 0.29) is 18.0 Å². The van der Waals surface area contributed by atoms with Crippen molar-refractivity contribution in [1.82, 2.24) is 10.7 Å². The number of amides is 2. The van der Waals surface area contributed by atoms with Crippen LogP contribution in [0.15, 0.2) is 77.9 Å². The fraction of sp³-hybridized carbons (Fsp3) is 0.136. The highest BCUT2D eigenvalue weighted by atomic mass is 32.1. The van der Waals surface area contributed by atoms with Crippen LogP contribution in [0.5, 0.6) is 0 Å². The van der Waals surface area contributed by atoms with E-state index >= 15 is 0 Å². The number of rotatable bonds is 9. The van der Waals surface area contributed by atoms with Crippen LogP contribution in [0.3, 0.4) is 0 Å². The van der Waals surface area contributed by atoms with Gasteiger partial charge in [0.2, 0.25) is 0 Å². The Balaban J connectivity index is 1.61. The van der Waals surface area contributed by atoms with E-state index in [9.17, 15) is 19.7 Å². The third-order valence-corrected chi connectivity index (χ3v) is 5.23. The zero-order valence-corrected chi connectivity index (χ0v) is 17.7. The summed E-state index contributed by atoms with van der Waals surface area (Å²) in [7, 11) is 0. The number of nitrogens with one attached hydrogen (secondary N) is 2. The minimum Gasteiger partial charge on any atom is -0.445 e. The minimum absolute atomic E-state index is 0.0254. The third-order valence-electron chi connectivity index (χ3n) is 4.26. The quantitative estimate of drug-likeness (QED) is 0.291. The number of carbonyl (C=O) groups is 2. The van der Waals surface area contributed by atoms with Gasteiger partial charge >= 0.3 is 11.1 Å². The summed E-state index contributed by atoms with van der Waals surface area (Å²) in [6.07, 6.45) is 0.804. The summed E-state index contributed by atoms with van der Waals surface area (Å²) >= 11 is 0.929. The molecule has 1 aromatic heterocycles. The van der Waals surface area contributed by atoms with E-state index < -0.39 is 23.0 Å². The third kappa shape index (κ3) is 7.03. The van der Waals surface area contributed by atoms with Gasteiger partial charge in [0.15, 0.2) is 0 Å². The van der Waals surface area contributed by atoms with Crippen LogP contribution in [0, 0.1) is 10.1 Å². The molecule has 2 amide bonds. The number of ether oxygens (including phenoxy) is 1. The van der Waals surface area contributed by atoms with Gasteiger partial charge in [0.05, 0.1) is 16.0 Å². The largest absolute Gasteiger partial charge is 0.445 e. The number of carbonyl (C=O) groups excluding carboxylic acids is 2. The first kappa shape index (κ1) is 22.6. The van der Waals surface area contributed by atoms with Crippen LogP contribution >= 0.6 is 11.3 Å². The molecular formula is C22H20N4O5S. The molecular weight excluding hydrogens is 432 g/mol. The lowest BCUT2D eigenvalue weighted by Crippen LogP contribution is -2.47. The molecule has 0 fully saturated rings. The second-order valence-electron chi connectivity index (χ2n) is 6.62. The first-order chi connectivity index (χ1) is 15.5. The molecule has 0 aliphatic heterocycles. The second-order valence-corrected chi connectivity index (χ2v) is 7.71. The summed E-state index contributed by atoms with van der Waals surface area (Å²) in [5, 5.41) is 17.1. The Morgan fingerprint density at radius 2 is 1.69 bits per heavy atom. The van der Waals surface area contributed by atoms with Crippen LogP contribution in [-0.2, 0) is 22.6 Å². The molecule has 9 nitrogen and oxygen atoms in total. The fourth-order valence-electron chi connectivity index (χ4n) is 2.71. The maximum Gasteiger partial charge on any atom is 0.408 e. The summed E-state index contributed by atoms with van der Waals surface area (Å²) in [6, 6.07) is 20.3. The second kappa shape index (κ2) is 11.4. The van der Waals surface area contributed by atoms with Crippen LogP contribution in [0.25, 0.3) is 0 Å². The van der Waals surface area contributed by atoms with Crippen molar-refractivity contribution in [2.75, 3.05) is 0 Å². The summed E-state index contributed by atoms with van der Waals surface area (Å²) < 4.78 is 5.21. The molecule has 2 N–H and O–H groups in total. The molecule has 0 saturated carbocycles. The normalized spacial score (nSPS) is 11.6. The van der Waals surface area contributed by atoms with Crippen molar-refractivity contribution in [3.05, 3.63) is 98.9 Å². The van der Waals surface area contributed by atoms with Gasteiger partial charge in [-0.25, -0.2) is 10.2 Å². The highest BCUT2D eigenvalue weighted by Gasteiger charge is 2.22. The number of nitro groups is 1. The van der Waals surface area contributed by atoms with Crippen molar-refractivity contribution in [1.29, 1.82) is 0 Å². The van der Waals surface area contributed by atoms with Gasteiger partial charge in [-0.15, -0.1) is 0 Å². The molecule has 0 saturated heterocycles. The lowest BCUT2D eigenvalue weighted by Gasteiger charge is -2.17. The molecule has 0 bridgehead atoms. The maximum absolute atomic E-state index is 12.7. The van der Waals surface area contributed by atoms with E-state index in [0.717, 1.165) is 22.5 Å². The number of alkyl carbamates (subject to hydrolysis) is 1. The molecule has 0 aliphatic rings. The van der Waals surface area contributed by atoms with Crippen molar-refractivity contribution in [2.24, 2.45) is 5.10 Å². The van der Waals surface area contributed by atoms with Crippen molar-refractivity contribution < 1.29 is 19.2 Å². The Labute approximate surface area is 187 Å². The average Bonchev–Trinajstić information content (AvgIpc) is 3.28. The Hall–Kier alpha value is -4.05. The molecule has 0 spiro atoms. The highest BCUT2D eigenvalue weighted by Crippen LogP contribution is 2.22. The zero-order valence-electron chi connectivity index (χ0n) is 16.8. The van der Waals surface area contributed by atoms with E-state index in [1.54, 1.807) is 0 Å². The van der Waals surface area contributed by atoms with E-state index in [0.29, 0.717) is 4.88 Å². The van der Waals surface area contributed by atoms with Gasteiger partial charge in [-0.2, -0.15) is 5.10 Å². The van der Waals surface area contributed by atoms with Gasteiger partial charge in [0.1, 0.15) is 12.6 Å². The molecule has 0 aliphatic carbocycles. The summed E-state index contributed by atoms with van der Waals surface area (Å²) in [4.78, 5) is 35.7. The number of benzene rings is 2. The molecule has 164 valence electrons. The Morgan fingerprint density at radius 3 is 2.31 bits per heavy atom. The van der Waals surface area contributed by atoms with Crippen LogP contribution in [0.4, 0.5) is 9.80 Å². The molecule has 1 atom stereocenters. The predicted octanol–water partition coefficient (Wildman–Crippen LogP) is 3.64. The van der Waals surface area contributed by atoms with Crippen LogP contribution < -0.4 is 10.7 Å². The summed E-state index contributed by atoms with van der Waals surface area (Å²) in [6.45, 7) is 0.0711. The molecule has 3 aromatic rings. The SMILES string of the molecule is O=C(N[C@@H](Cc1ccccc1)C(=O)N/N=C/c1ccc([N+](=O)[O-])s1)OCc1ccccc1. The first-order valence-corrected chi connectivity index (χ1v) is 10.4. The van der Waals surface area contributed by atoms with Gasteiger partial charge in [0, 0.05) is 12.5 Å². The highest BCUT2D eigenvalue weighted by molar-refractivity contribution is 7.16. The van der Waals surface area contributed by atoms with Gasteiger partial charge in [-0.05, 0) is 17.2 Å². The molecule has 3 rings (SSSR count). The molecule has 0 unspecified atom stereocenters. The van der Waals surface area contributed by atoms with Gasteiger partial charge in [-0.1, -0.05) is 72.0 Å². The predicted molar refractivity (Wildman–Crippen MR) is 120 cm³/mol. The van der Waals surface area contributed by atoms with Gasteiger partial charge < -0.3 is 10.1 Å². The lowest BCUT2D eigenvalue weighted by molar-refractivity contribution is -0.380. The van der Waals surface area contributed by atoms with E-state index in [2.05, 4.69) is 15.8 Å². The lowest BCUT2D eigenvalue weighted by atomic mass is 10.1. The Bertz CT molecular complexity index is 1090. The average molecular weight is 452 g/mol. The monoisotopic (exact) mass is 452 g/mol. The standard InChI is InChI=1S/C22H20N4O5S/c27-21(25-23-14-18-11-12-20(32-18)26(29)30)19(13-16-7-3-1-4-8-16)24-22(28)31-15-17-9-5-2-6-10-17/h1-12,14,19H,13,15H2,(H,24,28)(H,25,27)/b23-14+/t19-/m0/s1.